The number of nitrogens with one attached hydrogen (secondary N) is 1. The normalized spacial score (nSPS) is 10.8. The lowest BCUT2D eigenvalue weighted by molar-refractivity contribution is 0.362. The van der Waals surface area contributed by atoms with Crippen molar-refractivity contribution in [1.29, 1.82) is 0 Å². The number of benzene rings is 1. The minimum atomic E-state index is 0.430. The van der Waals surface area contributed by atoms with Gasteiger partial charge in [0, 0.05) is 10.0 Å². The number of nitrogens with zero attached hydrogens (tertiary/aromatic N) is 3. The van der Waals surface area contributed by atoms with Crippen LogP contribution in [0.15, 0.2) is 46.8 Å². The average Bonchev–Trinajstić information content (AvgIpc) is 2.81. The Kier molecular flexibility index (Phi) is 4.64. The Morgan fingerprint density at radius 2 is 2.42 bits per heavy atom. The maximum atomic E-state index is 5.55. The Hall–Kier alpha value is -1.73. The fraction of sp³-hybridized carbons (Fsp3) is 0.0833. The van der Waals surface area contributed by atoms with Gasteiger partial charge in [-0.05, 0) is 30.4 Å². The van der Waals surface area contributed by atoms with Crippen LogP contribution in [-0.4, -0.2) is 27.7 Å². The molecule has 0 radical (unpaired) electrons. The fourth-order valence-electron chi connectivity index (χ4n) is 1.35. The van der Waals surface area contributed by atoms with Crippen LogP contribution in [0.1, 0.15) is 5.56 Å². The summed E-state index contributed by atoms with van der Waals surface area (Å²) in [4.78, 5) is 0. The summed E-state index contributed by atoms with van der Waals surface area (Å²) < 4.78 is 8.39. The van der Waals surface area contributed by atoms with Gasteiger partial charge >= 0.3 is 0 Å². The third kappa shape index (κ3) is 3.62. The first kappa shape index (κ1) is 13.7. The van der Waals surface area contributed by atoms with E-state index in [9.17, 15) is 0 Å². The second-order valence-corrected chi connectivity index (χ2v) is 4.83. The summed E-state index contributed by atoms with van der Waals surface area (Å²) in [6, 6.07) is 5.68. The lowest BCUT2D eigenvalue weighted by atomic mass is 10.2. The molecule has 1 aromatic carbocycles. The highest BCUT2D eigenvalue weighted by atomic mass is 79.9. The molecule has 0 amide bonds. The Bertz CT molecular complexity index is 662. The summed E-state index contributed by atoms with van der Waals surface area (Å²) in [7, 11) is 0. The van der Waals surface area contributed by atoms with Crippen LogP contribution in [0.3, 0.4) is 0 Å². The molecule has 0 fully saturated rings. The van der Waals surface area contributed by atoms with Gasteiger partial charge < -0.3 is 4.74 Å². The molecule has 5 nitrogen and oxygen atoms in total. The summed E-state index contributed by atoms with van der Waals surface area (Å²) in [5, 5.41) is 10.6. The Morgan fingerprint density at radius 1 is 1.58 bits per heavy atom. The van der Waals surface area contributed by atoms with Crippen molar-refractivity contribution in [3.8, 4) is 5.75 Å². The van der Waals surface area contributed by atoms with Crippen LogP contribution < -0.4 is 4.74 Å². The lowest BCUT2D eigenvalue weighted by Crippen LogP contribution is -1.98. The molecule has 0 saturated carbocycles. The van der Waals surface area contributed by atoms with Crippen molar-refractivity contribution in [1.82, 2.24) is 14.9 Å². The minimum absolute atomic E-state index is 0.430. The number of ether oxygens (including phenoxy) is 1. The predicted octanol–water partition coefficient (Wildman–Crippen LogP) is 3.15. The zero-order valence-corrected chi connectivity index (χ0v) is 12.3. The average molecular weight is 339 g/mol. The summed E-state index contributed by atoms with van der Waals surface area (Å²) >= 11 is 8.42. The van der Waals surface area contributed by atoms with Crippen LogP contribution in [0, 0.1) is 4.77 Å². The zero-order chi connectivity index (χ0) is 13.7. The van der Waals surface area contributed by atoms with Gasteiger partial charge in [-0.1, -0.05) is 28.6 Å². The zero-order valence-electron chi connectivity index (χ0n) is 9.91. The largest absolute Gasteiger partial charge is 0.489 e. The van der Waals surface area contributed by atoms with E-state index in [1.54, 1.807) is 12.3 Å². The van der Waals surface area contributed by atoms with Gasteiger partial charge in [0.15, 0.2) is 0 Å². The van der Waals surface area contributed by atoms with Crippen molar-refractivity contribution in [2.75, 3.05) is 6.61 Å². The predicted molar refractivity (Wildman–Crippen MR) is 80.2 cm³/mol. The first-order chi connectivity index (χ1) is 9.20. The summed E-state index contributed by atoms with van der Waals surface area (Å²) in [6.07, 6.45) is 4.85. The van der Waals surface area contributed by atoms with Crippen LogP contribution in [0.4, 0.5) is 0 Å². The van der Waals surface area contributed by atoms with Gasteiger partial charge in [-0.25, -0.2) is 0 Å². The highest BCUT2D eigenvalue weighted by Gasteiger charge is 2.02. The second-order valence-electron chi connectivity index (χ2n) is 3.53. The van der Waals surface area contributed by atoms with E-state index < -0.39 is 0 Å². The molecule has 19 heavy (non-hydrogen) atoms. The Morgan fingerprint density at radius 3 is 3.11 bits per heavy atom. The quantitative estimate of drug-likeness (QED) is 0.517. The number of hydrogen-bond donors (Lipinski definition) is 1. The van der Waals surface area contributed by atoms with E-state index in [1.165, 1.54) is 11.0 Å². The molecule has 0 bridgehead atoms. The first-order valence-corrected chi connectivity index (χ1v) is 6.60. The fourth-order valence-corrected chi connectivity index (χ4v) is 1.88. The highest BCUT2D eigenvalue weighted by molar-refractivity contribution is 9.10. The maximum Gasteiger partial charge on any atom is 0.216 e. The smallest absolute Gasteiger partial charge is 0.216 e. The molecule has 1 heterocycles. The molecule has 2 rings (SSSR count). The lowest BCUT2D eigenvalue weighted by Gasteiger charge is -2.07. The third-order valence-corrected chi connectivity index (χ3v) is 2.96. The van der Waals surface area contributed by atoms with Gasteiger partial charge in [-0.2, -0.15) is 14.9 Å². The molecule has 1 N–H and O–H groups in total. The molecule has 0 aliphatic rings. The third-order valence-electron chi connectivity index (χ3n) is 2.19. The van der Waals surface area contributed by atoms with E-state index in [4.69, 9.17) is 17.0 Å². The monoisotopic (exact) mass is 338 g/mol. The van der Waals surface area contributed by atoms with E-state index in [0.29, 0.717) is 11.4 Å². The van der Waals surface area contributed by atoms with Gasteiger partial charge in [0.1, 0.15) is 18.7 Å². The molecular formula is C12H11BrN4OS. The van der Waals surface area contributed by atoms with Crippen LogP contribution in [0.2, 0.25) is 0 Å². The Balaban J connectivity index is 2.30. The van der Waals surface area contributed by atoms with Gasteiger partial charge in [0.05, 0.1) is 6.21 Å². The van der Waals surface area contributed by atoms with Gasteiger partial charge in [-0.3, -0.25) is 5.10 Å². The molecule has 0 aliphatic heterocycles. The number of halogens is 1. The number of aromatic nitrogens is 3. The van der Waals surface area contributed by atoms with E-state index in [-0.39, 0.29) is 0 Å². The van der Waals surface area contributed by atoms with Crippen molar-refractivity contribution in [3.05, 3.63) is 52.0 Å². The number of aromatic amines is 1. The van der Waals surface area contributed by atoms with Crippen LogP contribution in [-0.2, 0) is 0 Å². The second kappa shape index (κ2) is 6.44. The standard InChI is InChI=1S/C12H11BrN4OS/c1-2-5-18-11-4-3-10(13)6-9(11)7-15-17-8-14-16-12(17)19/h2-4,6-8H,1,5H2,(H,16,19)/b15-7-. The highest BCUT2D eigenvalue weighted by Crippen LogP contribution is 2.21. The van der Waals surface area contributed by atoms with E-state index >= 15 is 0 Å². The van der Waals surface area contributed by atoms with Crippen molar-refractivity contribution in [2.24, 2.45) is 5.10 Å². The first-order valence-electron chi connectivity index (χ1n) is 5.40. The minimum Gasteiger partial charge on any atom is -0.489 e. The molecule has 0 spiro atoms. The van der Waals surface area contributed by atoms with E-state index in [2.05, 4.69) is 37.8 Å². The maximum absolute atomic E-state index is 5.55. The number of H-pyrrole nitrogens is 1. The van der Waals surface area contributed by atoms with Crippen molar-refractivity contribution >= 4 is 34.4 Å². The Labute approximate surface area is 123 Å². The van der Waals surface area contributed by atoms with Gasteiger partial charge in [0.2, 0.25) is 4.77 Å². The van der Waals surface area contributed by atoms with Crippen LogP contribution in [0.5, 0.6) is 5.75 Å². The van der Waals surface area contributed by atoms with Gasteiger partial charge in [0.25, 0.3) is 0 Å². The molecule has 0 saturated heterocycles. The summed E-state index contributed by atoms with van der Waals surface area (Å²) in [5.41, 5.74) is 0.833. The van der Waals surface area contributed by atoms with Crippen molar-refractivity contribution < 1.29 is 4.74 Å². The van der Waals surface area contributed by atoms with Gasteiger partial charge in [-0.15, -0.1) is 0 Å². The molecule has 1 aromatic heterocycles. The molecule has 0 aliphatic carbocycles. The molecular weight excluding hydrogens is 328 g/mol. The number of hydrogen-bond acceptors (Lipinski definition) is 4. The summed E-state index contributed by atoms with van der Waals surface area (Å²) in [5.74, 6) is 0.724. The van der Waals surface area contributed by atoms with E-state index in [0.717, 1.165) is 15.8 Å². The molecule has 0 atom stereocenters. The SMILES string of the molecule is C=CCOc1ccc(Br)cc1/C=N\n1cn[nH]c1=S. The van der Waals surface area contributed by atoms with Crippen LogP contribution >= 0.6 is 28.1 Å². The molecule has 0 unspecified atom stereocenters. The van der Waals surface area contributed by atoms with Crippen molar-refractivity contribution in [2.45, 2.75) is 0 Å². The molecule has 2 aromatic rings. The van der Waals surface area contributed by atoms with Crippen molar-refractivity contribution in [3.63, 3.8) is 0 Å². The van der Waals surface area contributed by atoms with E-state index in [1.807, 2.05) is 18.2 Å². The summed E-state index contributed by atoms with van der Waals surface area (Å²) in [6.45, 7) is 4.06. The molecule has 98 valence electrons. The topological polar surface area (TPSA) is 55.2 Å². The van der Waals surface area contributed by atoms with Crippen LogP contribution in [0.25, 0.3) is 0 Å². The number of rotatable bonds is 5. The molecule has 7 heteroatoms.